The smallest absolute Gasteiger partial charge is 0.155 e. The summed E-state index contributed by atoms with van der Waals surface area (Å²) >= 11 is 0. The fraction of sp³-hybridized carbons (Fsp3) is 0.706. The van der Waals surface area contributed by atoms with E-state index in [0.717, 1.165) is 19.3 Å². The van der Waals surface area contributed by atoms with Gasteiger partial charge in [-0.2, -0.15) is 0 Å². The predicted molar refractivity (Wildman–Crippen MR) is 78.6 cm³/mol. The molecular formula is C17H28O. The van der Waals surface area contributed by atoms with Gasteiger partial charge in [0.2, 0.25) is 0 Å². The van der Waals surface area contributed by atoms with Crippen LogP contribution in [0, 0.1) is 5.41 Å². The molecule has 1 aliphatic rings. The van der Waals surface area contributed by atoms with Gasteiger partial charge in [-0.3, -0.25) is 4.79 Å². The van der Waals surface area contributed by atoms with E-state index in [0.29, 0.717) is 12.2 Å². The molecule has 0 aromatic rings. The van der Waals surface area contributed by atoms with Gasteiger partial charge in [-0.25, -0.2) is 0 Å². The largest absolute Gasteiger partial charge is 0.295 e. The molecule has 0 aromatic carbocycles. The van der Waals surface area contributed by atoms with Crippen molar-refractivity contribution in [1.29, 1.82) is 0 Å². The first-order valence-electron chi connectivity index (χ1n) is 7.55. The van der Waals surface area contributed by atoms with E-state index in [-0.39, 0.29) is 5.41 Å². The van der Waals surface area contributed by atoms with Crippen LogP contribution in [0.5, 0.6) is 0 Å². The molecule has 1 saturated carbocycles. The summed E-state index contributed by atoms with van der Waals surface area (Å²) in [6.07, 6.45) is 17.5. The van der Waals surface area contributed by atoms with Gasteiger partial charge < -0.3 is 0 Å². The van der Waals surface area contributed by atoms with Crippen LogP contribution in [0.3, 0.4) is 0 Å². The van der Waals surface area contributed by atoms with Crippen molar-refractivity contribution in [2.45, 2.75) is 71.1 Å². The highest BCUT2D eigenvalue weighted by molar-refractivity contribution is 5.89. The molecule has 0 amide bonds. The van der Waals surface area contributed by atoms with Gasteiger partial charge in [0, 0.05) is 6.42 Å². The molecule has 0 unspecified atom stereocenters. The lowest BCUT2D eigenvalue weighted by Gasteiger charge is -2.33. The number of carbonyl (C=O) groups excluding carboxylic acids is 1. The highest BCUT2D eigenvalue weighted by atomic mass is 16.1. The summed E-state index contributed by atoms with van der Waals surface area (Å²) in [4.78, 5) is 11.8. The van der Waals surface area contributed by atoms with Gasteiger partial charge in [0.15, 0.2) is 5.78 Å². The van der Waals surface area contributed by atoms with Crippen molar-refractivity contribution in [3.63, 3.8) is 0 Å². The molecule has 1 fully saturated rings. The number of unbranched alkanes of at least 4 members (excludes halogenated alkanes) is 2. The molecule has 1 rings (SSSR count). The molecule has 1 heteroatoms. The summed E-state index contributed by atoms with van der Waals surface area (Å²) in [6, 6.07) is 0. The minimum atomic E-state index is 0.237. The maximum atomic E-state index is 11.8. The SMILES string of the molecule is C=CCC1(C=CC(=O)CCCCC)CCCCC1. The summed E-state index contributed by atoms with van der Waals surface area (Å²) in [5.41, 5.74) is 0.237. The second-order valence-electron chi connectivity index (χ2n) is 5.67. The van der Waals surface area contributed by atoms with E-state index in [1.165, 1.54) is 38.5 Å². The molecular weight excluding hydrogens is 220 g/mol. The third-order valence-electron chi connectivity index (χ3n) is 4.05. The third-order valence-corrected chi connectivity index (χ3v) is 4.05. The summed E-state index contributed by atoms with van der Waals surface area (Å²) in [5, 5.41) is 0. The van der Waals surface area contributed by atoms with E-state index >= 15 is 0 Å². The highest BCUT2D eigenvalue weighted by Gasteiger charge is 2.27. The van der Waals surface area contributed by atoms with Crippen LogP contribution >= 0.6 is 0 Å². The molecule has 102 valence electrons. The van der Waals surface area contributed by atoms with Gasteiger partial charge in [0.1, 0.15) is 0 Å². The van der Waals surface area contributed by atoms with Crippen LogP contribution in [0.1, 0.15) is 71.1 Å². The Kier molecular flexibility index (Phi) is 7.00. The second kappa shape index (κ2) is 8.29. The zero-order valence-corrected chi connectivity index (χ0v) is 11.9. The summed E-state index contributed by atoms with van der Waals surface area (Å²) in [6.45, 7) is 6.04. The lowest BCUT2D eigenvalue weighted by molar-refractivity contribution is -0.114. The van der Waals surface area contributed by atoms with Gasteiger partial charge in [0.25, 0.3) is 0 Å². The second-order valence-corrected chi connectivity index (χ2v) is 5.67. The van der Waals surface area contributed by atoms with Gasteiger partial charge in [-0.05, 0) is 37.2 Å². The predicted octanol–water partition coefficient (Wildman–Crippen LogP) is 5.22. The fourth-order valence-corrected chi connectivity index (χ4v) is 2.88. The number of carbonyl (C=O) groups is 1. The van der Waals surface area contributed by atoms with E-state index in [9.17, 15) is 4.79 Å². The lowest BCUT2D eigenvalue weighted by atomic mass is 9.71. The first-order valence-corrected chi connectivity index (χ1v) is 7.55. The van der Waals surface area contributed by atoms with Crippen molar-refractivity contribution in [1.82, 2.24) is 0 Å². The normalized spacial score (nSPS) is 18.9. The van der Waals surface area contributed by atoms with Crippen molar-refractivity contribution in [3.8, 4) is 0 Å². The summed E-state index contributed by atoms with van der Waals surface area (Å²) in [7, 11) is 0. The van der Waals surface area contributed by atoms with Crippen LogP contribution in [0.15, 0.2) is 24.8 Å². The highest BCUT2D eigenvalue weighted by Crippen LogP contribution is 2.40. The van der Waals surface area contributed by atoms with Gasteiger partial charge in [-0.15, -0.1) is 6.58 Å². The Hall–Kier alpha value is -0.850. The lowest BCUT2D eigenvalue weighted by Crippen LogP contribution is -2.21. The molecule has 1 aliphatic carbocycles. The number of ketones is 1. The molecule has 0 saturated heterocycles. The number of hydrogen-bond acceptors (Lipinski definition) is 1. The molecule has 0 aliphatic heterocycles. The Labute approximate surface area is 112 Å². The topological polar surface area (TPSA) is 17.1 Å². The molecule has 0 aromatic heterocycles. The van der Waals surface area contributed by atoms with Crippen molar-refractivity contribution in [2.75, 3.05) is 0 Å². The zero-order valence-electron chi connectivity index (χ0n) is 11.9. The maximum absolute atomic E-state index is 11.8. The third kappa shape index (κ3) is 5.20. The average molecular weight is 248 g/mol. The van der Waals surface area contributed by atoms with Gasteiger partial charge in [0.05, 0.1) is 0 Å². The van der Waals surface area contributed by atoms with Gasteiger partial charge in [-0.1, -0.05) is 51.2 Å². The average Bonchev–Trinajstić information content (AvgIpc) is 2.38. The molecule has 0 spiro atoms. The van der Waals surface area contributed by atoms with E-state index in [1.807, 2.05) is 12.2 Å². The van der Waals surface area contributed by atoms with E-state index < -0.39 is 0 Å². The molecule has 0 heterocycles. The van der Waals surface area contributed by atoms with E-state index in [1.54, 1.807) is 0 Å². The van der Waals surface area contributed by atoms with E-state index in [2.05, 4.69) is 19.6 Å². The molecule has 0 atom stereocenters. The standard InChI is InChI=1S/C17H28O/c1-3-5-7-10-16(18)11-15-17(12-4-2)13-8-6-9-14-17/h4,11,15H,2-3,5-10,12-14H2,1H3. The summed E-state index contributed by atoms with van der Waals surface area (Å²) < 4.78 is 0. The van der Waals surface area contributed by atoms with Crippen molar-refractivity contribution < 1.29 is 4.79 Å². The Morgan fingerprint density at radius 3 is 2.56 bits per heavy atom. The van der Waals surface area contributed by atoms with Crippen LogP contribution < -0.4 is 0 Å². The number of hydrogen-bond donors (Lipinski definition) is 0. The van der Waals surface area contributed by atoms with E-state index in [4.69, 9.17) is 0 Å². The fourth-order valence-electron chi connectivity index (χ4n) is 2.88. The van der Waals surface area contributed by atoms with Crippen molar-refractivity contribution >= 4 is 5.78 Å². The first kappa shape index (κ1) is 15.2. The molecule has 0 N–H and O–H groups in total. The van der Waals surface area contributed by atoms with Crippen LogP contribution in [0.4, 0.5) is 0 Å². The quantitative estimate of drug-likeness (QED) is 0.327. The van der Waals surface area contributed by atoms with Crippen LogP contribution in [-0.2, 0) is 4.79 Å². The monoisotopic (exact) mass is 248 g/mol. The minimum Gasteiger partial charge on any atom is -0.295 e. The molecule has 18 heavy (non-hydrogen) atoms. The Bertz CT molecular complexity index is 282. The van der Waals surface area contributed by atoms with Crippen molar-refractivity contribution in [3.05, 3.63) is 24.8 Å². The maximum Gasteiger partial charge on any atom is 0.155 e. The molecule has 1 nitrogen and oxygen atoms in total. The number of rotatable bonds is 8. The molecule has 0 bridgehead atoms. The summed E-state index contributed by atoms with van der Waals surface area (Å²) in [5.74, 6) is 0.303. The Morgan fingerprint density at radius 1 is 1.22 bits per heavy atom. The Balaban J connectivity index is 2.48. The Morgan fingerprint density at radius 2 is 1.94 bits per heavy atom. The number of allylic oxidation sites excluding steroid dienone is 3. The van der Waals surface area contributed by atoms with Crippen LogP contribution in [0.2, 0.25) is 0 Å². The van der Waals surface area contributed by atoms with Gasteiger partial charge >= 0.3 is 0 Å². The van der Waals surface area contributed by atoms with Crippen molar-refractivity contribution in [2.24, 2.45) is 5.41 Å². The minimum absolute atomic E-state index is 0.237. The first-order chi connectivity index (χ1) is 8.72. The van der Waals surface area contributed by atoms with Crippen LogP contribution in [0.25, 0.3) is 0 Å². The zero-order chi connectivity index (χ0) is 13.3. The van der Waals surface area contributed by atoms with Crippen LogP contribution in [-0.4, -0.2) is 5.78 Å². The molecule has 0 radical (unpaired) electrons.